The molecule has 2 fully saturated rings. The van der Waals surface area contributed by atoms with Crippen LogP contribution in [0.1, 0.15) is 72.6 Å². The summed E-state index contributed by atoms with van der Waals surface area (Å²) in [4.78, 5) is 0. The molecule has 0 saturated heterocycles. The fraction of sp³-hybridized carbons (Fsp3) is 0.800. The van der Waals surface area contributed by atoms with Crippen molar-refractivity contribution < 1.29 is 5.11 Å². The normalized spacial score (nSPS) is 38.4. The molecule has 0 radical (unpaired) electrons. The number of allylic oxidation sites excluding steroid dienone is 1. The van der Waals surface area contributed by atoms with Crippen LogP contribution < -0.4 is 0 Å². The summed E-state index contributed by atoms with van der Waals surface area (Å²) in [5.41, 5.74) is 1.50. The highest BCUT2D eigenvalue weighted by molar-refractivity contribution is 5.16. The van der Waals surface area contributed by atoms with E-state index in [9.17, 15) is 5.11 Å². The Kier molecular flexibility index (Phi) is 4.46. The Morgan fingerprint density at radius 2 is 2.00 bits per heavy atom. The predicted molar refractivity (Wildman–Crippen MR) is 91.1 cm³/mol. The van der Waals surface area contributed by atoms with Crippen LogP contribution >= 0.6 is 0 Å². The molecule has 120 valence electrons. The summed E-state index contributed by atoms with van der Waals surface area (Å²) in [5.74, 6) is 1.35. The number of rotatable bonds is 4. The molecule has 2 aliphatic carbocycles. The minimum Gasteiger partial charge on any atom is -0.386 e. The molecule has 2 saturated carbocycles. The van der Waals surface area contributed by atoms with Gasteiger partial charge in [0.05, 0.1) is 5.60 Å². The molecule has 0 aromatic carbocycles. The molecule has 4 atom stereocenters. The van der Waals surface area contributed by atoms with Crippen molar-refractivity contribution in [2.24, 2.45) is 22.7 Å². The molecule has 1 heteroatoms. The molecule has 0 bridgehead atoms. The number of aliphatic hydroxyl groups is 1. The van der Waals surface area contributed by atoms with Crippen molar-refractivity contribution in [2.45, 2.75) is 78.2 Å². The fourth-order valence-corrected chi connectivity index (χ4v) is 5.35. The van der Waals surface area contributed by atoms with E-state index in [2.05, 4.69) is 33.9 Å². The third-order valence-corrected chi connectivity index (χ3v) is 6.70. The van der Waals surface area contributed by atoms with Crippen molar-refractivity contribution in [3.8, 4) is 0 Å². The van der Waals surface area contributed by atoms with Gasteiger partial charge in [0, 0.05) is 0 Å². The summed E-state index contributed by atoms with van der Waals surface area (Å²) >= 11 is 0. The maximum absolute atomic E-state index is 10.3. The maximum Gasteiger partial charge on any atom is 0.0797 e. The molecule has 0 spiro atoms. The van der Waals surface area contributed by atoms with E-state index < -0.39 is 5.60 Å². The van der Waals surface area contributed by atoms with E-state index >= 15 is 0 Å². The smallest absolute Gasteiger partial charge is 0.0797 e. The summed E-state index contributed by atoms with van der Waals surface area (Å²) in [6.07, 6.45) is 10.0. The van der Waals surface area contributed by atoms with Gasteiger partial charge in [-0.1, -0.05) is 45.4 Å². The first-order chi connectivity index (χ1) is 9.62. The Balaban J connectivity index is 2.21. The van der Waals surface area contributed by atoms with E-state index in [0.717, 1.165) is 18.8 Å². The van der Waals surface area contributed by atoms with E-state index in [1.807, 2.05) is 6.92 Å². The minimum absolute atomic E-state index is 0.369. The van der Waals surface area contributed by atoms with Crippen molar-refractivity contribution in [3.63, 3.8) is 0 Å². The van der Waals surface area contributed by atoms with E-state index in [0.29, 0.717) is 16.7 Å². The van der Waals surface area contributed by atoms with Crippen LogP contribution in [0.15, 0.2) is 24.8 Å². The Hall–Kier alpha value is -0.560. The second-order valence-corrected chi connectivity index (χ2v) is 8.75. The zero-order chi connectivity index (χ0) is 15.9. The standard InChI is InChI=1S/C20H34O/c1-7-19(5,21)14-11-16-15(2)9-10-17-18(3,4)12-8-13-20(16,17)6/h7,16-17,21H,1-2,8-14H2,3-6H3/t16-,17?,19?,20+/m1/s1. The quantitative estimate of drug-likeness (QED) is 0.678. The third-order valence-electron chi connectivity index (χ3n) is 6.70. The highest BCUT2D eigenvalue weighted by atomic mass is 16.3. The fourth-order valence-electron chi connectivity index (χ4n) is 5.35. The summed E-state index contributed by atoms with van der Waals surface area (Å²) < 4.78 is 0. The average Bonchev–Trinajstić information content (AvgIpc) is 2.36. The summed E-state index contributed by atoms with van der Waals surface area (Å²) in [6.45, 7) is 17.4. The van der Waals surface area contributed by atoms with E-state index in [-0.39, 0.29) is 0 Å². The van der Waals surface area contributed by atoms with Gasteiger partial charge in [-0.15, -0.1) is 6.58 Å². The van der Waals surface area contributed by atoms with Crippen LogP contribution in [0.3, 0.4) is 0 Å². The lowest BCUT2D eigenvalue weighted by Gasteiger charge is -2.58. The van der Waals surface area contributed by atoms with Crippen molar-refractivity contribution in [3.05, 3.63) is 24.8 Å². The average molecular weight is 290 g/mol. The van der Waals surface area contributed by atoms with Crippen LogP contribution in [0.25, 0.3) is 0 Å². The maximum atomic E-state index is 10.3. The summed E-state index contributed by atoms with van der Waals surface area (Å²) in [5, 5.41) is 10.3. The van der Waals surface area contributed by atoms with Crippen LogP contribution in [0.5, 0.6) is 0 Å². The predicted octanol–water partition coefficient (Wildman–Crippen LogP) is 5.50. The number of hydrogen-bond acceptors (Lipinski definition) is 1. The van der Waals surface area contributed by atoms with Crippen LogP contribution in [-0.2, 0) is 0 Å². The number of hydrogen-bond donors (Lipinski definition) is 1. The Bertz CT molecular complexity index is 418. The lowest BCUT2D eigenvalue weighted by molar-refractivity contribution is -0.0583. The first-order valence-corrected chi connectivity index (χ1v) is 8.66. The summed E-state index contributed by atoms with van der Waals surface area (Å²) in [7, 11) is 0. The van der Waals surface area contributed by atoms with Gasteiger partial charge in [0.1, 0.15) is 0 Å². The lowest BCUT2D eigenvalue weighted by Crippen LogP contribution is -2.49. The topological polar surface area (TPSA) is 20.2 Å². The second-order valence-electron chi connectivity index (χ2n) is 8.75. The highest BCUT2D eigenvalue weighted by Crippen LogP contribution is 2.61. The van der Waals surface area contributed by atoms with Crippen molar-refractivity contribution >= 4 is 0 Å². The molecule has 2 rings (SSSR count). The highest BCUT2D eigenvalue weighted by Gasteiger charge is 2.52. The molecule has 2 unspecified atom stereocenters. The van der Waals surface area contributed by atoms with Gasteiger partial charge in [-0.3, -0.25) is 0 Å². The molecule has 0 aliphatic heterocycles. The largest absolute Gasteiger partial charge is 0.386 e. The Morgan fingerprint density at radius 1 is 1.33 bits per heavy atom. The van der Waals surface area contributed by atoms with Crippen molar-refractivity contribution in [2.75, 3.05) is 0 Å². The molecule has 0 heterocycles. The van der Waals surface area contributed by atoms with E-state index in [4.69, 9.17) is 0 Å². The van der Waals surface area contributed by atoms with Crippen molar-refractivity contribution in [1.29, 1.82) is 0 Å². The molecular weight excluding hydrogens is 256 g/mol. The van der Waals surface area contributed by atoms with Gasteiger partial charge in [0.25, 0.3) is 0 Å². The molecule has 2 aliphatic rings. The van der Waals surface area contributed by atoms with Crippen LogP contribution in [0.4, 0.5) is 0 Å². The molecule has 1 nitrogen and oxygen atoms in total. The monoisotopic (exact) mass is 290 g/mol. The number of fused-ring (bicyclic) bond motifs is 1. The molecule has 0 amide bonds. The van der Waals surface area contributed by atoms with Gasteiger partial charge in [-0.05, 0) is 68.1 Å². The molecule has 0 aromatic rings. The van der Waals surface area contributed by atoms with Gasteiger partial charge in [0.2, 0.25) is 0 Å². The van der Waals surface area contributed by atoms with Crippen LogP contribution in [-0.4, -0.2) is 10.7 Å². The van der Waals surface area contributed by atoms with E-state index in [1.165, 1.54) is 37.7 Å². The van der Waals surface area contributed by atoms with Gasteiger partial charge in [-0.25, -0.2) is 0 Å². The zero-order valence-electron chi connectivity index (χ0n) is 14.5. The van der Waals surface area contributed by atoms with Gasteiger partial charge >= 0.3 is 0 Å². The second kappa shape index (κ2) is 5.57. The first-order valence-electron chi connectivity index (χ1n) is 8.66. The van der Waals surface area contributed by atoms with Gasteiger partial charge < -0.3 is 5.11 Å². The molecule has 0 aromatic heterocycles. The van der Waals surface area contributed by atoms with Crippen LogP contribution in [0.2, 0.25) is 0 Å². The third kappa shape index (κ3) is 3.13. The Morgan fingerprint density at radius 3 is 2.62 bits per heavy atom. The zero-order valence-corrected chi connectivity index (χ0v) is 14.5. The van der Waals surface area contributed by atoms with Gasteiger partial charge in [0.15, 0.2) is 0 Å². The van der Waals surface area contributed by atoms with Gasteiger partial charge in [-0.2, -0.15) is 0 Å². The summed E-state index contributed by atoms with van der Waals surface area (Å²) in [6, 6.07) is 0. The minimum atomic E-state index is -0.742. The lowest BCUT2D eigenvalue weighted by atomic mass is 9.47. The van der Waals surface area contributed by atoms with Crippen molar-refractivity contribution in [1.82, 2.24) is 0 Å². The molecule has 1 N–H and O–H groups in total. The van der Waals surface area contributed by atoms with E-state index in [1.54, 1.807) is 6.08 Å². The SMILES string of the molecule is C=CC(C)(O)CC[C@@H]1C(=C)CCC2C(C)(C)CCC[C@]21C. The first kappa shape index (κ1) is 16.8. The van der Waals surface area contributed by atoms with Crippen LogP contribution in [0, 0.1) is 22.7 Å². The molecular formula is C20H34O. The molecule has 21 heavy (non-hydrogen) atoms. The Labute approximate surface area is 131 Å².